The molecule has 0 N–H and O–H groups in total. The molecule has 3 aromatic carbocycles. The number of ether oxygens (including phenoxy) is 3. The van der Waals surface area contributed by atoms with Gasteiger partial charge in [0.05, 0.1) is 25.7 Å². The molecule has 0 aromatic heterocycles. The van der Waals surface area contributed by atoms with Gasteiger partial charge in [0, 0.05) is 4.47 Å². The van der Waals surface area contributed by atoms with Crippen LogP contribution >= 0.6 is 15.9 Å². The average molecular weight is 497 g/mol. The molecule has 6 heteroatoms. The fourth-order valence-electron chi connectivity index (χ4n) is 3.53. The zero-order chi connectivity index (χ0) is 23.1. The van der Waals surface area contributed by atoms with E-state index in [4.69, 9.17) is 14.2 Å². The van der Waals surface area contributed by atoms with Crippen molar-refractivity contribution in [3.8, 4) is 5.75 Å². The Morgan fingerprint density at radius 3 is 2.19 bits per heavy atom. The standard InChI is InChI=1S/C26H25BrO5/c1-17(19-9-11-20(12-10-19)25(28)31-3)24(21-5-4-6-22(27)15-21)26(29)32-16-18-7-13-23(30-2)14-8-18/h4-15,17,24H,16H2,1-3H3. The number of halogens is 1. The van der Waals surface area contributed by atoms with Crippen LogP contribution in [0.5, 0.6) is 5.75 Å². The van der Waals surface area contributed by atoms with Gasteiger partial charge in [0.25, 0.3) is 0 Å². The zero-order valence-corrected chi connectivity index (χ0v) is 19.8. The lowest BCUT2D eigenvalue weighted by Gasteiger charge is -2.24. The molecule has 0 aliphatic carbocycles. The van der Waals surface area contributed by atoms with E-state index in [0.717, 1.165) is 26.9 Å². The summed E-state index contributed by atoms with van der Waals surface area (Å²) in [4.78, 5) is 25.0. The third-order valence-electron chi connectivity index (χ3n) is 5.36. The molecule has 0 radical (unpaired) electrons. The van der Waals surface area contributed by atoms with Gasteiger partial charge in [-0.2, -0.15) is 0 Å². The third-order valence-corrected chi connectivity index (χ3v) is 5.85. The van der Waals surface area contributed by atoms with Gasteiger partial charge in [-0.25, -0.2) is 4.79 Å². The van der Waals surface area contributed by atoms with Crippen LogP contribution in [0.3, 0.4) is 0 Å². The van der Waals surface area contributed by atoms with Crippen LogP contribution in [0.4, 0.5) is 0 Å². The number of carbonyl (C=O) groups is 2. The molecule has 32 heavy (non-hydrogen) atoms. The average Bonchev–Trinajstić information content (AvgIpc) is 2.82. The number of rotatable bonds is 8. The number of esters is 2. The molecule has 0 amide bonds. The van der Waals surface area contributed by atoms with Crippen molar-refractivity contribution in [2.75, 3.05) is 14.2 Å². The summed E-state index contributed by atoms with van der Waals surface area (Å²) >= 11 is 3.49. The van der Waals surface area contributed by atoms with Gasteiger partial charge >= 0.3 is 11.9 Å². The van der Waals surface area contributed by atoms with Crippen LogP contribution in [-0.4, -0.2) is 26.2 Å². The molecule has 2 atom stereocenters. The first-order valence-electron chi connectivity index (χ1n) is 10.2. The van der Waals surface area contributed by atoms with E-state index >= 15 is 0 Å². The molecule has 0 spiro atoms. The second kappa shape index (κ2) is 11.0. The Kier molecular flexibility index (Phi) is 8.06. The largest absolute Gasteiger partial charge is 0.497 e. The van der Waals surface area contributed by atoms with E-state index in [0.29, 0.717) is 5.56 Å². The van der Waals surface area contributed by atoms with E-state index < -0.39 is 11.9 Å². The summed E-state index contributed by atoms with van der Waals surface area (Å²) in [5.74, 6) is -0.666. The third kappa shape index (κ3) is 5.77. The molecule has 0 heterocycles. The molecule has 3 rings (SSSR count). The summed E-state index contributed by atoms with van der Waals surface area (Å²) < 4.78 is 16.5. The highest BCUT2D eigenvalue weighted by molar-refractivity contribution is 9.10. The van der Waals surface area contributed by atoms with Crippen molar-refractivity contribution in [1.29, 1.82) is 0 Å². The lowest BCUT2D eigenvalue weighted by atomic mass is 9.82. The number of hydrogen-bond donors (Lipinski definition) is 0. The Labute approximate surface area is 196 Å². The van der Waals surface area contributed by atoms with Crippen LogP contribution in [0.15, 0.2) is 77.3 Å². The summed E-state index contributed by atoms with van der Waals surface area (Å²) in [5, 5.41) is 0. The van der Waals surface area contributed by atoms with Gasteiger partial charge in [0.1, 0.15) is 12.4 Å². The van der Waals surface area contributed by atoms with E-state index in [1.165, 1.54) is 7.11 Å². The maximum absolute atomic E-state index is 13.3. The van der Waals surface area contributed by atoms with Crippen molar-refractivity contribution in [2.45, 2.75) is 25.4 Å². The van der Waals surface area contributed by atoms with Crippen molar-refractivity contribution in [1.82, 2.24) is 0 Å². The smallest absolute Gasteiger partial charge is 0.337 e. The van der Waals surface area contributed by atoms with Gasteiger partial charge in [0.15, 0.2) is 0 Å². The highest BCUT2D eigenvalue weighted by Crippen LogP contribution is 2.35. The first-order valence-corrected chi connectivity index (χ1v) is 11.0. The minimum Gasteiger partial charge on any atom is -0.497 e. The molecule has 3 aromatic rings. The van der Waals surface area contributed by atoms with E-state index in [9.17, 15) is 9.59 Å². The highest BCUT2D eigenvalue weighted by Gasteiger charge is 2.30. The van der Waals surface area contributed by atoms with Crippen molar-refractivity contribution in [2.24, 2.45) is 0 Å². The predicted molar refractivity (Wildman–Crippen MR) is 126 cm³/mol. The molecule has 0 aliphatic heterocycles. The molecule has 0 saturated heterocycles. The molecule has 2 unspecified atom stereocenters. The molecule has 166 valence electrons. The maximum Gasteiger partial charge on any atom is 0.337 e. The fraction of sp³-hybridized carbons (Fsp3) is 0.231. The van der Waals surface area contributed by atoms with Crippen LogP contribution in [0.2, 0.25) is 0 Å². The first kappa shape index (κ1) is 23.5. The number of hydrogen-bond acceptors (Lipinski definition) is 5. The summed E-state index contributed by atoms with van der Waals surface area (Å²) in [7, 11) is 2.96. The Morgan fingerprint density at radius 2 is 1.59 bits per heavy atom. The number of benzene rings is 3. The van der Waals surface area contributed by atoms with Gasteiger partial charge in [-0.05, 0) is 59.0 Å². The quantitative estimate of drug-likeness (QED) is 0.364. The van der Waals surface area contributed by atoms with Gasteiger partial charge in [0.2, 0.25) is 0 Å². The van der Waals surface area contributed by atoms with Gasteiger partial charge in [-0.1, -0.05) is 59.3 Å². The van der Waals surface area contributed by atoms with E-state index in [-0.39, 0.29) is 18.5 Å². The van der Waals surface area contributed by atoms with Crippen LogP contribution in [0.25, 0.3) is 0 Å². The highest BCUT2D eigenvalue weighted by atomic mass is 79.9. The lowest BCUT2D eigenvalue weighted by Crippen LogP contribution is -2.21. The monoisotopic (exact) mass is 496 g/mol. The van der Waals surface area contributed by atoms with Crippen molar-refractivity contribution in [3.05, 3.63) is 99.5 Å². The van der Waals surface area contributed by atoms with Gasteiger partial charge < -0.3 is 14.2 Å². The van der Waals surface area contributed by atoms with E-state index in [1.807, 2.05) is 67.6 Å². The molecule has 0 fully saturated rings. The van der Waals surface area contributed by atoms with Gasteiger partial charge in [-0.3, -0.25) is 4.79 Å². The molecular formula is C26H25BrO5. The summed E-state index contributed by atoms with van der Waals surface area (Å²) in [6, 6.07) is 22.2. The molecular weight excluding hydrogens is 472 g/mol. The Morgan fingerprint density at radius 1 is 0.906 bits per heavy atom. The number of carbonyl (C=O) groups excluding carboxylic acids is 2. The normalized spacial score (nSPS) is 12.5. The van der Waals surface area contributed by atoms with Crippen LogP contribution in [0, 0.1) is 0 Å². The molecule has 0 saturated carbocycles. The number of methoxy groups -OCH3 is 2. The molecule has 5 nitrogen and oxygen atoms in total. The lowest BCUT2D eigenvalue weighted by molar-refractivity contribution is -0.147. The SMILES string of the molecule is COC(=O)c1ccc(C(C)C(C(=O)OCc2ccc(OC)cc2)c2cccc(Br)c2)cc1. The topological polar surface area (TPSA) is 61.8 Å². The van der Waals surface area contributed by atoms with Crippen LogP contribution < -0.4 is 4.74 Å². The van der Waals surface area contributed by atoms with Crippen LogP contribution in [0.1, 0.15) is 45.8 Å². The van der Waals surface area contributed by atoms with Gasteiger partial charge in [-0.15, -0.1) is 0 Å². The van der Waals surface area contributed by atoms with E-state index in [2.05, 4.69) is 15.9 Å². The second-order valence-electron chi connectivity index (χ2n) is 7.39. The molecule has 0 bridgehead atoms. The minimum absolute atomic E-state index is 0.168. The fourth-order valence-corrected chi connectivity index (χ4v) is 3.94. The van der Waals surface area contributed by atoms with E-state index in [1.54, 1.807) is 19.2 Å². The summed E-state index contributed by atoms with van der Waals surface area (Å²) in [5.41, 5.74) is 3.11. The Balaban J connectivity index is 1.84. The first-order chi connectivity index (χ1) is 15.4. The summed E-state index contributed by atoms with van der Waals surface area (Å²) in [6.07, 6.45) is 0. The predicted octanol–water partition coefficient (Wildman–Crippen LogP) is 5.88. The zero-order valence-electron chi connectivity index (χ0n) is 18.2. The molecule has 0 aliphatic rings. The van der Waals surface area contributed by atoms with Crippen LogP contribution in [-0.2, 0) is 20.9 Å². The Bertz CT molecular complexity index is 1060. The maximum atomic E-state index is 13.3. The van der Waals surface area contributed by atoms with Crippen molar-refractivity contribution in [3.63, 3.8) is 0 Å². The summed E-state index contributed by atoms with van der Waals surface area (Å²) in [6.45, 7) is 2.15. The van der Waals surface area contributed by atoms with Crippen molar-refractivity contribution >= 4 is 27.9 Å². The Hall–Kier alpha value is -3.12. The van der Waals surface area contributed by atoms with Crippen molar-refractivity contribution < 1.29 is 23.8 Å². The second-order valence-corrected chi connectivity index (χ2v) is 8.31. The minimum atomic E-state index is -0.519.